The molecular formula is C11H13BrFNO. The van der Waals surface area contributed by atoms with Crippen molar-refractivity contribution >= 4 is 21.8 Å². The fourth-order valence-electron chi connectivity index (χ4n) is 1.17. The summed E-state index contributed by atoms with van der Waals surface area (Å²) >= 11 is 3.25. The van der Waals surface area contributed by atoms with Gasteiger partial charge in [-0.25, -0.2) is 4.39 Å². The Morgan fingerprint density at radius 3 is 2.73 bits per heavy atom. The zero-order valence-electron chi connectivity index (χ0n) is 8.76. The van der Waals surface area contributed by atoms with E-state index in [2.05, 4.69) is 15.9 Å². The Bertz CT molecular complexity index is 368. The summed E-state index contributed by atoms with van der Waals surface area (Å²) in [5, 5.41) is 0.712. The Morgan fingerprint density at radius 2 is 2.20 bits per heavy atom. The lowest BCUT2D eigenvalue weighted by atomic mass is 10.1. The van der Waals surface area contributed by atoms with Crippen molar-refractivity contribution in [3.8, 4) is 0 Å². The van der Waals surface area contributed by atoms with E-state index in [4.69, 9.17) is 0 Å². The van der Waals surface area contributed by atoms with Gasteiger partial charge < -0.3 is 4.90 Å². The Balaban J connectivity index is 2.87. The number of aryl methyl sites for hydroxylation is 1. The van der Waals surface area contributed by atoms with Gasteiger partial charge in [-0.15, -0.1) is 0 Å². The maximum absolute atomic E-state index is 13.2. The predicted molar refractivity (Wildman–Crippen MR) is 61.9 cm³/mol. The summed E-state index contributed by atoms with van der Waals surface area (Å²) in [6, 6.07) is 4.54. The number of amides is 1. The third-order valence-corrected chi connectivity index (χ3v) is 2.54. The van der Waals surface area contributed by atoms with Gasteiger partial charge in [0.25, 0.3) is 5.91 Å². The lowest BCUT2D eigenvalue weighted by Crippen LogP contribution is -2.28. The minimum absolute atomic E-state index is 0.159. The van der Waals surface area contributed by atoms with Crippen LogP contribution in [0.25, 0.3) is 0 Å². The summed E-state index contributed by atoms with van der Waals surface area (Å²) in [5.41, 5.74) is 0.941. The molecule has 1 aromatic rings. The number of carbonyl (C=O) groups excluding carboxylic acids is 1. The molecule has 0 saturated carbocycles. The molecule has 0 aliphatic heterocycles. The zero-order chi connectivity index (χ0) is 11.4. The van der Waals surface area contributed by atoms with E-state index in [0.29, 0.717) is 23.0 Å². The van der Waals surface area contributed by atoms with Gasteiger partial charge >= 0.3 is 0 Å². The number of hydrogen-bond acceptors (Lipinski definition) is 1. The molecule has 1 amide bonds. The van der Waals surface area contributed by atoms with Gasteiger partial charge in [-0.2, -0.15) is 0 Å². The topological polar surface area (TPSA) is 20.3 Å². The highest BCUT2D eigenvalue weighted by Gasteiger charge is 2.12. The van der Waals surface area contributed by atoms with Crippen LogP contribution < -0.4 is 0 Å². The minimum Gasteiger partial charge on any atom is -0.341 e. The van der Waals surface area contributed by atoms with Crippen molar-refractivity contribution in [3.63, 3.8) is 0 Å². The first-order valence-corrected chi connectivity index (χ1v) is 5.76. The maximum atomic E-state index is 13.2. The van der Waals surface area contributed by atoms with E-state index < -0.39 is 0 Å². The summed E-state index contributed by atoms with van der Waals surface area (Å²) in [6.45, 7) is 2.28. The summed E-state index contributed by atoms with van der Waals surface area (Å²) in [6.07, 6.45) is 0. The fraction of sp³-hybridized carbons (Fsp3) is 0.364. The SMILES string of the molecule is Cc1ccc(C(=O)N(C)CCBr)cc1F. The van der Waals surface area contributed by atoms with Crippen LogP contribution in [0.5, 0.6) is 0 Å². The van der Waals surface area contributed by atoms with Gasteiger partial charge in [0.1, 0.15) is 5.82 Å². The second-order valence-electron chi connectivity index (χ2n) is 3.38. The number of hydrogen-bond donors (Lipinski definition) is 0. The average molecular weight is 274 g/mol. The van der Waals surface area contributed by atoms with Crippen molar-refractivity contribution in [2.24, 2.45) is 0 Å². The molecule has 2 nitrogen and oxygen atoms in total. The molecule has 0 N–H and O–H groups in total. The van der Waals surface area contributed by atoms with Gasteiger partial charge in [-0.1, -0.05) is 22.0 Å². The normalized spacial score (nSPS) is 10.1. The molecule has 0 aromatic heterocycles. The molecule has 0 saturated heterocycles. The van der Waals surface area contributed by atoms with Gasteiger partial charge in [0, 0.05) is 24.5 Å². The predicted octanol–water partition coefficient (Wildman–Crippen LogP) is 2.60. The van der Waals surface area contributed by atoms with E-state index in [-0.39, 0.29) is 11.7 Å². The van der Waals surface area contributed by atoms with E-state index in [9.17, 15) is 9.18 Å². The third-order valence-electron chi connectivity index (χ3n) is 2.19. The minimum atomic E-state index is -0.340. The molecule has 0 fully saturated rings. The Morgan fingerprint density at radius 1 is 1.53 bits per heavy atom. The van der Waals surface area contributed by atoms with Gasteiger partial charge in [0.2, 0.25) is 0 Å². The lowest BCUT2D eigenvalue weighted by molar-refractivity contribution is 0.0803. The van der Waals surface area contributed by atoms with Crippen molar-refractivity contribution in [2.75, 3.05) is 18.9 Å². The lowest BCUT2D eigenvalue weighted by Gasteiger charge is -2.15. The second kappa shape index (κ2) is 5.26. The summed E-state index contributed by atoms with van der Waals surface area (Å²) in [7, 11) is 1.70. The highest BCUT2D eigenvalue weighted by Crippen LogP contribution is 2.10. The summed E-state index contributed by atoms with van der Waals surface area (Å²) in [4.78, 5) is 13.3. The molecule has 0 unspecified atom stereocenters. The molecule has 0 bridgehead atoms. The van der Waals surface area contributed by atoms with Crippen molar-refractivity contribution in [3.05, 3.63) is 35.1 Å². The Kier molecular flexibility index (Phi) is 4.27. The number of halogens is 2. The molecule has 1 rings (SSSR count). The first-order chi connectivity index (χ1) is 7.06. The van der Waals surface area contributed by atoms with Gasteiger partial charge in [0.05, 0.1) is 0 Å². The molecule has 0 heterocycles. The van der Waals surface area contributed by atoms with Crippen molar-refractivity contribution in [2.45, 2.75) is 6.92 Å². The zero-order valence-corrected chi connectivity index (χ0v) is 10.3. The molecule has 0 aliphatic rings. The molecule has 0 radical (unpaired) electrons. The van der Waals surface area contributed by atoms with Crippen LogP contribution in [0.3, 0.4) is 0 Å². The van der Waals surface area contributed by atoms with Crippen molar-refractivity contribution < 1.29 is 9.18 Å². The first kappa shape index (κ1) is 12.2. The third kappa shape index (κ3) is 3.02. The standard InChI is InChI=1S/C11H13BrFNO/c1-8-3-4-9(7-10(8)13)11(15)14(2)6-5-12/h3-4,7H,5-6H2,1-2H3. The van der Waals surface area contributed by atoms with Crippen LogP contribution in [0.2, 0.25) is 0 Å². The van der Waals surface area contributed by atoms with E-state index in [0.717, 1.165) is 0 Å². The van der Waals surface area contributed by atoms with Crippen LogP contribution in [0.4, 0.5) is 4.39 Å². The quantitative estimate of drug-likeness (QED) is 0.776. The average Bonchev–Trinajstić information content (AvgIpc) is 2.21. The second-order valence-corrected chi connectivity index (χ2v) is 4.17. The van der Waals surface area contributed by atoms with Gasteiger partial charge in [0.15, 0.2) is 0 Å². The summed E-state index contributed by atoms with van der Waals surface area (Å²) < 4.78 is 13.2. The first-order valence-electron chi connectivity index (χ1n) is 4.64. The Hall–Kier alpha value is -0.900. The van der Waals surface area contributed by atoms with Gasteiger partial charge in [-0.05, 0) is 24.6 Å². The molecule has 4 heteroatoms. The van der Waals surface area contributed by atoms with Crippen LogP contribution in [0.15, 0.2) is 18.2 Å². The maximum Gasteiger partial charge on any atom is 0.253 e. The number of rotatable bonds is 3. The number of alkyl halides is 1. The monoisotopic (exact) mass is 273 g/mol. The molecule has 15 heavy (non-hydrogen) atoms. The van der Waals surface area contributed by atoms with Crippen LogP contribution >= 0.6 is 15.9 Å². The highest BCUT2D eigenvalue weighted by atomic mass is 79.9. The fourth-order valence-corrected chi connectivity index (χ4v) is 1.71. The summed E-state index contributed by atoms with van der Waals surface area (Å²) in [5.74, 6) is -0.499. The van der Waals surface area contributed by atoms with E-state index >= 15 is 0 Å². The van der Waals surface area contributed by atoms with Gasteiger partial charge in [-0.3, -0.25) is 4.79 Å². The van der Waals surface area contributed by atoms with Crippen LogP contribution in [-0.2, 0) is 0 Å². The molecule has 0 atom stereocenters. The van der Waals surface area contributed by atoms with E-state index in [1.54, 1.807) is 31.0 Å². The van der Waals surface area contributed by atoms with E-state index in [1.165, 1.54) is 6.07 Å². The largest absolute Gasteiger partial charge is 0.341 e. The number of benzene rings is 1. The highest BCUT2D eigenvalue weighted by molar-refractivity contribution is 9.09. The smallest absolute Gasteiger partial charge is 0.253 e. The van der Waals surface area contributed by atoms with Crippen LogP contribution in [0, 0.1) is 12.7 Å². The van der Waals surface area contributed by atoms with Crippen LogP contribution in [-0.4, -0.2) is 29.7 Å². The van der Waals surface area contributed by atoms with Crippen LogP contribution in [0.1, 0.15) is 15.9 Å². The molecule has 1 aromatic carbocycles. The number of carbonyl (C=O) groups is 1. The molecular weight excluding hydrogens is 261 g/mol. The molecule has 0 spiro atoms. The molecule has 82 valence electrons. The van der Waals surface area contributed by atoms with Crippen molar-refractivity contribution in [1.82, 2.24) is 4.90 Å². The van der Waals surface area contributed by atoms with E-state index in [1.807, 2.05) is 0 Å². The molecule has 0 aliphatic carbocycles. The van der Waals surface area contributed by atoms with Crippen molar-refractivity contribution in [1.29, 1.82) is 0 Å². The Labute approximate surface area is 97.2 Å². The number of nitrogens with zero attached hydrogens (tertiary/aromatic N) is 1.